The van der Waals surface area contributed by atoms with E-state index >= 15 is 0 Å². The fraction of sp³-hybridized carbons (Fsp3) is 0.533. The summed E-state index contributed by atoms with van der Waals surface area (Å²) >= 11 is 0. The van der Waals surface area contributed by atoms with Crippen molar-refractivity contribution in [2.45, 2.75) is 31.7 Å². The number of benzene rings is 1. The fourth-order valence-electron chi connectivity index (χ4n) is 2.82. The van der Waals surface area contributed by atoms with E-state index in [1.54, 1.807) is 17.0 Å². The highest BCUT2D eigenvalue weighted by Gasteiger charge is 2.43. The normalized spacial score (nSPS) is 25.1. The Balaban J connectivity index is 1.65. The Bertz CT molecular complexity index is 512. The Morgan fingerprint density at radius 3 is 2.75 bits per heavy atom. The van der Waals surface area contributed by atoms with Crippen LogP contribution in [0.3, 0.4) is 0 Å². The molecule has 0 aromatic heterocycles. The first-order valence-corrected chi connectivity index (χ1v) is 6.95. The molecule has 0 saturated carbocycles. The van der Waals surface area contributed by atoms with Crippen LogP contribution < -0.4 is 0 Å². The van der Waals surface area contributed by atoms with Crippen molar-refractivity contribution >= 4 is 5.91 Å². The zero-order valence-corrected chi connectivity index (χ0v) is 11.5. The van der Waals surface area contributed by atoms with Gasteiger partial charge in [0.25, 0.3) is 5.91 Å². The van der Waals surface area contributed by atoms with Crippen molar-refractivity contribution in [2.24, 2.45) is 0 Å². The van der Waals surface area contributed by atoms with Crippen LogP contribution >= 0.6 is 0 Å². The molecule has 2 aliphatic rings. The van der Waals surface area contributed by atoms with E-state index in [0.29, 0.717) is 38.1 Å². The van der Waals surface area contributed by atoms with Crippen molar-refractivity contribution < 1.29 is 18.7 Å². The molecule has 1 amide bonds. The van der Waals surface area contributed by atoms with Crippen LogP contribution in [0.25, 0.3) is 0 Å². The third-order valence-electron chi connectivity index (χ3n) is 3.88. The van der Waals surface area contributed by atoms with Crippen molar-refractivity contribution in [3.63, 3.8) is 0 Å². The highest BCUT2D eigenvalue weighted by atomic mass is 19.1. The first-order valence-electron chi connectivity index (χ1n) is 6.95. The number of likely N-dealkylation sites (tertiary alicyclic amines) is 1. The lowest BCUT2D eigenvalue weighted by Crippen LogP contribution is -2.47. The van der Waals surface area contributed by atoms with E-state index in [2.05, 4.69) is 0 Å². The number of nitrogens with zero attached hydrogens (tertiary/aromatic N) is 1. The van der Waals surface area contributed by atoms with E-state index in [0.717, 1.165) is 0 Å². The Labute approximate surface area is 117 Å². The largest absolute Gasteiger partial charge is 0.347 e. The first-order chi connectivity index (χ1) is 9.58. The smallest absolute Gasteiger partial charge is 0.253 e. The van der Waals surface area contributed by atoms with Crippen LogP contribution in [-0.4, -0.2) is 42.4 Å². The molecule has 0 bridgehead atoms. The lowest BCUT2D eigenvalue weighted by atomic mass is 10.0. The van der Waals surface area contributed by atoms with Crippen LogP contribution in [-0.2, 0) is 9.47 Å². The molecule has 1 unspecified atom stereocenters. The van der Waals surface area contributed by atoms with E-state index in [1.807, 2.05) is 6.92 Å². The standard InChI is InChI=1S/C15H18FNO3/c1-11-10-19-15(20-11)5-7-17(8-6-15)14(18)12-3-2-4-13(16)9-12/h2-4,9,11H,5-8,10H2,1H3. The van der Waals surface area contributed by atoms with E-state index in [9.17, 15) is 9.18 Å². The maximum atomic E-state index is 13.2. The summed E-state index contributed by atoms with van der Waals surface area (Å²) in [5, 5.41) is 0. The molecule has 1 atom stereocenters. The van der Waals surface area contributed by atoms with Crippen LogP contribution in [0, 0.1) is 5.82 Å². The van der Waals surface area contributed by atoms with Crippen LogP contribution in [0.4, 0.5) is 4.39 Å². The minimum absolute atomic E-state index is 0.112. The van der Waals surface area contributed by atoms with Gasteiger partial charge in [0.15, 0.2) is 5.79 Å². The molecule has 4 nitrogen and oxygen atoms in total. The summed E-state index contributed by atoms with van der Waals surface area (Å²) in [6, 6.07) is 5.81. The molecule has 1 aromatic rings. The van der Waals surface area contributed by atoms with Crippen LogP contribution in [0.5, 0.6) is 0 Å². The Morgan fingerprint density at radius 2 is 2.15 bits per heavy atom. The molecule has 0 N–H and O–H groups in total. The number of piperidine rings is 1. The van der Waals surface area contributed by atoms with Crippen molar-refractivity contribution in [2.75, 3.05) is 19.7 Å². The second-order valence-electron chi connectivity index (χ2n) is 5.45. The van der Waals surface area contributed by atoms with Crippen LogP contribution in [0.1, 0.15) is 30.1 Å². The molecular weight excluding hydrogens is 261 g/mol. The van der Waals surface area contributed by atoms with Crippen molar-refractivity contribution in [3.8, 4) is 0 Å². The number of carbonyl (C=O) groups excluding carboxylic acids is 1. The lowest BCUT2D eigenvalue weighted by Gasteiger charge is -2.37. The Hall–Kier alpha value is -1.46. The molecule has 2 saturated heterocycles. The summed E-state index contributed by atoms with van der Waals surface area (Å²) in [5.41, 5.74) is 0.391. The zero-order chi connectivity index (χ0) is 14.2. The van der Waals surface area contributed by atoms with Gasteiger partial charge in [0.2, 0.25) is 0 Å². The third-order valence-corrected chi connectivity index (χ3v) is 3.88. The van der Waals surface area contributed by atoms with E-state index < -0.39 is 5.79 Å². The number of halogens is 1. The third kappa shape index (κ3) is 2.55. The van der Waals surface area contributed by atoms with Gasteiger partial charge in [-0.2, -0.15) is 0 Å². The van der Waals surface area contributed by atoms with Crippen molar-refractivity contribution in [1.82, 2.24) is 4.90 Å². The predicted molar refractivity (Wildman–Crippen MR) is 70.8 cm³/mol. The molecule has 3 rings (SSSR count). The molecule has 5 heteroatoms. The summed E-state index contributed by atoms with van der Waals surface area (Å²) in [5.74, 6) is -1.04. The minimum atomic E-state index is -0.516. The molecule has 1 aromatic carbocycles. The summed E-state index contributed by atoms with van der Waals surface area (Å²) in [6.07, 6.45) is 1.44. The monoisotopic (exact) mass is 279 g/mol. The molecule has 0 aliphatic carbocycles. The maximum Gasteiger partial charge on any atom is 0.253 e. The maximum absolute atomic E-state index is 13.2. The molecule has 1 spiro atoms. The molecule has 0 radical (unpaired) electrons. The molecular formula is C15H18FNO3. The summed E-state index contributed by atoms with van der Waals surface area (Å²) in [6.45, 7) is 3.74. The van der Waals surface area contributed by atoms with Crippen molar-refractivity contribution in [1.29, 1.82) is 0 Å². The highest BCUT2D eigenvalue weighted by Crippen LogP contribution is 2.34. The van der Waals surface area contributed by atoms with Crippen molar-refractivity contribution in [3.05, 3.63) is 35.6 Å². The molecule has 20 heavy (non-hydrogen) atoms. The van der Waals surface area contributed by atoms with Gasteiger partial charge in [0.1, 0.15) is 5.82 Å². The number of amides is 1. The number of carbonyl (C=O) groups is 1. The number of hydrogen-bond acceptors (Lipinski definition) is 3. The number of ether oxygens (including phenoxy) is 2. The quantitative estimate of drug-likeness (QED) is 0.791. The molecule has 2 heterocycles. The highest BCUT2D eigenvalue weighted by molar-refractivity contribution is 5.94. The molecule has 2 aliphatic heterocycles. The summed E-state index contributed by atoms with van der Waals surface area (Å²) < 4.78 is 24.7. The minimum Gasteiger partial charge on any atom is -0.347 e. The van der Waals surface area contributed by atoms with E-state index in [-0.39, 0.29) is 17.8 Å². The predicted octanol–water partition coefficient (Wildman–Crippen LogP) is 2.19. The van der Waals surface area contributed by atoms with Gasteiger partial charge in [0.05, 0.1) is 12.7 Å². The van der Waals surface area contributed by atoms with Crippen LogP contribution in [0.2, 0.25) is 0 Å². The van der Waals surface area contributed by atoms with Gasteiger partial charge in [-0.1, -0.05) is 6.07 Å². The second kappa shape index (κ2) is 5.14. The van der Waals surface area contributed by atoms with Gasteiger partial charge < -0.3 is 14.4 Å². The average molecular weight is 279 g/mol. The van der Waals surface area contributed by atoms with E-state index in [1.165, 1.54) is 12.1 Å². The second-order valence-corrected chi connectivity index (χ2v) is 5.45. The summed E-state index contributed by atoms with van der Waals surface area (Å²) in [7, 11) is 0. The molecule has 2 fully saturated rings. The Kier molecular flexibility index (Phi) is 3.48. The number of rotatable bonds is 1. The SMILES string of the molecule is CC1COC2(CCN(C(=O)c3cccc(F)c3)CC2)O1. The first kappa shape index (κ1) is 13.5. The topological polar surface area (TPSA) is 38.8 Å². The Morgan fingerprint density at radius 1 is 1.40 bits per heavy atom. The lowest BCUT2D eigenvalue weighted by molar-refractivity contribution is -0.189. The van der Waals surface area contributed by atoms with E-state index in [4.69, 9.17) is 9.47 Å². The van der Waals surface area contributed by atoms with Gasteiger partial charge in [0, 0.05) is 31.5 Å². The number of hydrogen-bond donors (Lipinski definition) is 0. The van der Waals surface area contributed by atoms with Crippen LogP contribution in [0.15, 0.2) is 24.3 Å². The van der Waals surface area contributed by atoms with Gasteiger partial charge in [-0.05, 0) is 25.1 Å². The molecule has 108 valence electrons. The van der Waals surface area contributed by atoms with Gasteiger partial charge in [-0.3, -0.25) is 4.79 Å². The summed E-state index contributed by atoms with van der Waals surface area (Å²) in [4.78, 5) is 14.0. The zero-order valence-electron chi connectivity index (χ0n) is 11.5. The van der Waals surface area contributed by atoms with Gasteiger partial charge in [-0.25, -0.2) is 4.39 Å². The average Bonchev–Trinajstić information content (AvgIpc) is 2.80. The van der Waals surface area contributed by atoms with Gasteiger partial charge >= 0.3 is 0 Å². The fourth-order valence-corrected chi connectivity index (χ4v) is 2.82. The van der Waals surface area contributed by atoms with Gasteiger partial charge in [-0.15, -0.1) is 0 Å².